The van der Waals surface area contributed by atoms with Crippen molar-refractivity contribution in [2.24, 2.45) is 5.92 Å². The molecule has 2 heterocycles. The largest absolute Gasteiger partial charge is 0.478 e. The third kappa shape index (κ3) is 6.00. The summed E-state index contributed by atoms with van der Waals surface area (Å²) in [5.74, 6) is -0.604. The summed E-state index contributed by atoms with van der Waals surface area (Å²) in [6, 6.07) is 15.1. The van der Waals surface area contributed by atoms with Gasteiger partial charge in [0.15, 0.2) is 0 Å². The van der Waals surface area contributed by atoms with E-state index in [1.165, 1.54) is 23.3 Å². The van der Waals surface area contributed by atoms with E-state index in [9.17, 15) is 14.3 Å². The lowest BCUT2D eigenvalue weighted by molar-refractivity contribution is 0.0694. The molecule has 1 aliphatic heterocycles. The maximum Gasteiger partial charge on any atom is 0.337 e. The first-order chi connectivity index (χ1) is 16.8. The van der Waals surface area contributed by atoms with Crippen LogP contribution in [0.5, 0.6) is 0 Å². The molecule has 1 fully saturated rings. The number of nitrogens with zero attached hydrogens (tertiary/aromatic N) is 2. The predicted octanol–water partition coefficient (Wildman–Crippen LogP) is 5.30. The van der Waals surface area contributed by atoms with Crippen LogP contribution in [0.25, 0.3) is 0 Å². The molecule has 0 amide bonds. The highest BCUT2D eigenvalue weighted by molar-refractivity contribution is 5.91. The number of nitrogens with one attached hydrogen (secondary N) is 1. The van der Waals surface area contributed by atoms with Crippen molar-refractivity contribution in [1.29, 1.82) is 0 Å². The molecule has 0 spiro atoms. The second kappa shape index (κ2) is 11.2. The number of carboxylic acid groups (broad SMARTS) is 1. The fourth-order valence-corrected chi connectivity index (χ4v) is 5.28. The fraction of sp³-hybridized carbons (Fsp3) is 0.414. The summed E-state index contributed by atoms with van der Waals surface area (Å²) in [5.41, 5.74) is 6.38. The number of hydrogen-bond donors (Lipinski definition) is 2. The summed E-state index contributed by atoms with van der Waals surface area (Å²) >= 11 is 0. The van der Waals surface area contributed by atoms with E-state index in [0.29, 0.717) is 30.3 Å². The molecule has 0 saturated carbocycles. The molecule has 5 nitrogen and oxygen atoms in total. The lowest BCUT2D eigenvalue weighted by Crippen LogP contribution is -2.37. The SMILES string of the molecule is Cc1ccccc1CN1CCC(CNCc2c(C(=O)O)c(C)n(Cc3cccc(F)c3)c2C)CC1. The molecule has 1 aromatic heterocycles. The second-order valence-corrected chi connectivity index (χ2v) is 9.82. The summed E-state index contributed by atoms with van der Waals surface area (Å²) in [6.07, 6.45) is 2.28. The molecule has 35 heavy (non-hydrogen) atoms. The number of likely N-dealkylation sites (tertiary alicyclic amines) is 1. The Hall–Kier alpha value is -2.96. The third-order valence-corrected chi connectivity index (χ3v) is 7.45. The van der Waals surface area contributed by atoms with Crippen LogP contribution in [-0.2, 0) is 19.6 Å². The van der Waals surface area contributed by atoms with Crippen molar-refractivity contribution in [3.8, 4) is 0 Å². The van der Waals surface area contributed by atoms with Gasteiger partial charge in [0.1, 0.15) is 5.82 Å². The van der Waals surface area contributed by atoms with Gasteiger partial charge < -0.3 is 15.0 Å². The number of carbonyl (C=O) groups is 1. The Morgan fingerprint density at radius 2 is 1.77 bits per heavy atom. The Labute approximate surface area is 207 Å². The van der Waals surface area contributed by atoms with Crippen molar-refractivity contribution >= 4 is 5.97 Å². The fourth-order valence-electron chi connectivity index (χ4n) is 5.28. The highest BCUT2D eigenvalue weighted by atomic mass is 19.1. The van der Waals surface area contributed by atoms with Crippen molar-refractivity contribution < 1.29 is 14.3 Å². The molecule has 3 aromatic rings. The van der Waals surface area contributed by atoms with Crippen LogP contribution in [0.3, 0.4) is 0 Å². The van der Waals surface area contributed by atoms with Crippen LogP contribution in [0.1, 0.15) is 56.8 Å². The standard InChI is InChI=1S/C29H36FN3O2/c1-20-7-4-5-9-25(20)19-32-13-11-23(12-14-32)16-31-17-27-21(2)33(22(3)28(27)29(34)35)18-24-8-6-10-26(30)15-24/h4-10,15,23,31H,11-14,16-19H2,1-3H3,(H,34,35). The molecule has 186 valence electrons. The normalized spacial score (nSPS) is 15.0. The van der Waals surface area contributed by atoms with Gasteiger partial charge in [-0.15, -0.1) is 0 Å². The van der Waals surface area contributed by atoms with E-state index in [-0.39, 0.29) is 5.82 Å². The lowest BCUT2D eigenvalue weighted by atomic mass is 9.96. The molecule has 0 aliphatic carbocycles. The van der Waals surface area contributed by atoms with Gasteiger partial charge >= 0.3 is 5.97 Å². The summed E-state index contributed by atoms with van der Waals surface area (Å²) in [4.78, 5) is 14.6. The first kappa shape index (κ1) is 25.1. The van der Waals surface area contributed by atoms with Crippen LogP contribution in [0, 0.1) is 32.5 Å². The molecule has 1 saturated heterocycles. The second-order valence-electron chi connectivity index (χ2n) is 9.82. The zero-order chi connectivity index (χ0) is 24.9. The zero-order valence-corrected chi connectivity index (χ0v) is 21.0. The van der Waals surface area contributed by atoms with Gasteiger partial charge in [0.05, 0.1) is 5.56 Å². The van der Waals surface area contributed by atoms with E-state index in [4.69, 9.17) is 0 Å². The van der Waals surface area contributed by atoms with E-state index < -0.39 is 5.97 Å². The minimum Gasteiger partial charge on any atom is -0.478 e. The maximum atomic E-state index is 13.7. The summed E-state index contributed by atoms with van der Waals surface area (Å²) in [7, 11) is 0. The first-order valence-corrected chi connectivity index (χ1v) is 12.5. The molecule has 0 unspecified atom stereocenters. The molecule has 1 aliphatic rings. The Morgan fingerprint density at radius 1 is 1.03 bits per heavy atom. The molecule has 0 radical (unpaired) electrons. The molecule has 2 aromatic carbocycles. The van der Waals surface area contributed by atoms with Gasteiger partial charge in [-0.1, -0.05) is 36.4 Å². The van der Waals surface area contributed by atoms with E-state index in [1.54, 1.807) is 6.07 Å². The minimum absolute atomic E-state index is 0.282. The minimum atomic E-state index is -0.912. The van der Waals surface area contributed by atoms with Gasteiger partial charge in [0.25, 0.3) is 0 Å². The van der Waals surface area contributed by atoms with Crippen molar-refractivity contribution in [2.75, 3.05) is 19.6 Å². The molecule has 2 N–H and O–H groups in total. The van der Waals surface area contributed by atoms with E-state index in [0.717, 1.165) is 55.8 Å². The van der Waals surface area contributed by atoms with Gasteiger partial charge in [-0.25, -0.2) is 9.18 Å². The summed E-state index contributed by atoms with van der Waals surface area (Å²) in [5, 5.41) is 13.4. The van der Waals surface area contributed by atoms with Crippen LogP contribution in [0.4, 0.5) is 4.39 Å². The Balaban J connectivity index is 1.35. The van der Waals surface area contributed by atoms with Crippen molar-refractivity contribution in [3.63, 3.8) is 0 Å². The number of halogens is 1. The number of aromatic nitrogens is 1. The van der Waals surface area contributed by atoms with Crippen molar-refractivity contribution in [2.45, 2.75) is 53.2 Å². The number of piperidine rings is 1. The molecular weight excluding hydrogens is 441 g/mol. The van der Waals surface area contributed by atoms with E-state index in [1.807, 2.05) is 24.5 Å². The van der Waals surface area contributed by atoms with Crippen molar-refractivity contribution in [1.82, 2.24) is 14.8 Å². The van der Waals surface area contributed by atoms with Gasteiger partial charge in [0.2, 0.25) is 0 Å². The third-order valence-electron chi connectivity index (χ3n) is 7.45. The van der Waals surface area contributed by atoms with Crippen molar-refractivity contribution in [3.05, 3.63) is 93.6 Å². The lowest BCUT2D eigenvalue weighted by Gasteiger charge is -2.32. The molecule has 0 bridgehead atoms. The molecule has 6 heteroatoms. The number of carboxylic acids is 1. The monoisotopic (exact) mass is 477 g/mol. The number of aryl methyl sites for hydroxylation is 1. The summed E-state index contributed by atoms with van der Waals surface area (Å²) < 4.78 is 15.6. The van der Waals surface area contributed by atoms with Crippen LogP contribution < -0.4 is 5.32 Å². The number of hydrogen-bond acceptors (Lipinski definition) is 3. The number of rotatable bonds is 9. The maximum absolute atomic E-state index is 13.7. The van der Waals surface area contributed by atoms with Gasteiger partial charge in [-0.05, 0) is 88.0 Å². The van der Waals surface area contributed by atoms with Gasteiger partial charge in [-0.3, -0.25) is 4.90 Å². The highest BCUT2D eigenvalue weighted by Crippen LogP contribution is 2.25. The zero-order valence-electron chi connectivity index (χ0n) is 21.0. The molecular formula is C29H36FN3O2. The number of benzene rings is 2. The van der Waals surface area contributed by atoms with E-state index >= 15 is 0 Å². The van der Waals surface area contributed by atoms with Gasteiger partial charge in [0, 0.05) is 36.6 Å². The first-order valence-electron chi connectivity index (χ1n) is 12.5. The Kier molecular flexibility index (Phi) is 8.04. The van der Waals surface area contributed by atoms with Crippen LogP contribution in [-0.4, -0.2) is 40.2 Å². The van der Waals surface area contributed by atoms with Crippen LogP contribution in [0.15, 0.2) is 48.5 Å². The smallest absolute Gasteiger partial charge is 0.337 e. The molecule has 4 rings (SSSR count). The van der Waals surface area contributed by atoms with Crippen LogP contribution >= 0.6 is 0 Å². The van der Waals surface area contributed by atoms with E-state index in [2.05, 4.69) is 41.4 Å². The average Bonchev–Trinajstić information content (AvgIpc) is 3.06. The Bertz CT molecular complexity index is 1180. The Morgan fingerprint density at radius 3 is 2.46 bits per heavy atom. The number of aromatic carboxylic acids is 1. The van der Waals surface area contributed by atoms with Gasteiger partial charge in [-0.2, -0.15) is 0 Å². The topological polar surface area (TPSA) is 57.5 Å². The highest BCUT2D eigenvalue weighted by Gasteiger charge is 2.24. The van der Waals surface area contributed by atoms with Crippen LogP contribution in [0.2, 0.25) is 0 Å². The average molecular weight is 478 g/mol. The summed E-state index contributed by atoms with van der Waals surface area (Å²) in [6.45, 7) is 11.0. The quantitative estimate of drug-likeness (QED) is 0.439. The predicted molar refractivity (Wildman–Crippen MR) is 137 cm³/mol. The molecule has 0 atom stereocenters.